The van der Waals surface area contributed by atoms with Crippen molar-refractivity contribution in [3.05, 3.63) is 35.9 Å². The fraction of sp³-hybridized carbons (Fsp3) is 0.586. The molecule has 11 nitrogen and oxygen atoms in total. The normalized spacial score (nSPS) is 20.3. The number of morpholine rings is 1. The van der Waals surface area contributed by atoms with E-state index in [9.17, 15) is 5.11 Å². The first kappa shape index (κ1) is 25.8. The van der Waals surface area contributed by atoms with E-state index in [4.69, 9.17) is 24.7 Å². The third kappa shape index (κ3) is 4.54. The van der Waals surface area contributed by atoms with Gasteiger partial charge in [-0.2, -0.15) is 9.97 Å². The van der Waals surface area contributed by atoms with Gasteiger partial charge in [0.15, 0.2) is 17.0 Å². The molecule has 3 aromatic heterocycles. The number of ether oxygens (including phenoxy) is 1. The number of anilines is 1. The fourth-order valence-corrected chi connectivity index (χ4v) is 6.31. The highest BCUT2D eigenvalue weighted by Gasteiger charge is 2.34. The number of imidazole rings is 2. The van der Waals surface area contributed by atoms with Crippen LogP contribution in [0.25, 0.3) is 28.1 Å². The first-order valence-electron chi connectivity index (χ1n) is 14.6. The molecule has 11 heteroatoms. The van der Waals surface area contributed by atoms with Crippen molar-refractivity contribution in [1.29, 1.82) is 0 Å². The third-order valence-corrected chi connectivity index (χ3v) is 8.71. The molecule has 0 amide bonds. The summed E-state index contributed by atoms with van der Waals surface area (Å²) in [4.78, 5) is 27.7. The molecule has 0 bridgehead atoms. The van der Waals surface area contributed by atoms with Crippen LogP contribution in [0.5, 0.6) is 0 Å². The fourth-order valence-electron chi connectivity index (χ4n) is 6.31. The van der Waals surface area contributed by atoms with Gasteiger partial charge >= 0.3 is 0 Å². The largest absolute Gasteiger partial charge is 0.393 e. The molecule has 3 aliphatic rings. The number of para-hydroxylation sites is 2. The molecule has 1 aromatic carbocycles. The third-order valence-electron chi connectivity index (χ3n) is 8.71. The van der Waals surface area contributed by atoms with Crippen molar-refractivity contribution in [2.75, 3.05) is 57.4 Å². The monoisotopic (exact) mass is 545 g/mol. The highest BCUT2D eigenvalue weighted by Crippen LogP contribution is 2.31. The number of rotatable bonds is 6. The molecule has 3 aliphatic heterocycles. The van der Waals surface area contributed by atoms with E-state index in [0.717, 1.165) is 98.3 Å². The van der Waals surface area contributed by atoms with Crippen molar-refractivity contribution in [1.82, 2.24) is 38.9 Å². The minimum atomic E-state index is -0.129. The predicted molar refractivity (Wildman–Crippen MR) is 154 cm³/mol. The molecule has 0 atom stereocenters. The van der Waals surface area contributed by atoms with Gasteiger partial charge in [0.2, 0.25) is 5.95 Å². The van der Waals surface area contributed by atoms with Crippen molar-refractivity contribution >= 4 is 28.0 Å². The molecule has 0 spiro atoms. The maximum Gasteiger partial charge on any atom is 0.239 e. The number of hydrogen-bond acceptors (Lipinski definition) is 9. The van der Waals surface area contributed by atoms with Crippen LogP contribution in [0.15, 0.2) is 24.3 Å². The quantitative estimate of drug-likeness (QED) is 0.391. The Kier molecular flexibility index (Phi) is 6.69. The number of aromatic nitrogens is 6. The van der Waals surface area contributed by atoms with Gasteiger partial charge in [0.1, 0.15) is 11.6 Å². The van der Waals surface area contributed by atoms with Gasteiger partial charge in [-0.25, -0.2) is 9.97 Å². The van der Waals surface area contributed by atoms with Gasteiger partial charge in [-0.3, -0.25) is 14.4 Å². The Balaban J connectivity index is 1.25. The minimum Gasteiger partial charge on any atom is -0.393 e. The molecule has 6 heterocycles. The zero-order valence-electron chi connectivity index (χ0n) is 23.7. The first-order chi connectivity index (χ1) is 19.5. The Morgan fingerprint density at radius 1 is 0.975 bits per heavy atom. The average molecular weight is 546 g/mol. The van der Waals surface area contributed by atoms with Gasteiger partial charge in [0.25, 0.3) is 0 Å². The van der Waals surface area contributed by atoms with Gasteiger partial charge in [-0.05, 0) is 25.0 Å². The summed E-state index contributed by atoms with van der Waals surface area (Å²) in [5.74, 6) is 3.67. The maximum atomic E-state index is 9.86. The highest BCUT2D eigenvalue weighted by molar-refractivity contribution is 5.86. The molecular weight excluding hydrogens is 506 g/mol. The molecule has 7 rings (SSSR count). The summed E-state index contributed by atoms with van der Waals surface area (Å²) in [5, 5.41) is 9.86. The number of aryl methyl sites for hydroxylation is 1. The van der Waals surface area contributed by atoms with Crippen LogP contribution in [0.1, 0.15) is 44.3 Å². The molecule has 0 saturated carbocycles. The molecule has 40 heavy (non-hydrogen) atoms. The van der Waals surface area contributed by atoms with E-state index >= 15 is 0 Å². The Bertz CT molecular complexity index is 1510. The molecule has 3 saturated heterocycles. The van der Waals surface area contributed by atoms with Crippen LogP contribution in [0.4, 0.5) is 5.82 Å². The van der Waals surface area contributed by atoms with E-state index < -0.39 is 0 Å². The van der Waals surface area contributed by atoms with Crippen molar-refractivity contribution in [2.45, 2.75) is 51.3 Å². The van der Waals surface area contributed by atoms with Gasteiger partial charge < -0.3 is 19.3 Å². The van der Waals surface area contributed by atoms with Crippen molar-refractivity contribution < 1.29 is 9.84 Å². The van der Waals surface area contributed by atoms with Gasteiger partial charge in [0.05, 0.1) is 36.9 Å². The number of aliphatic hydroxyl groups excluding tert-OH is 1. The van der Waals surface area contributed by atoms with E-state index in [1.165, 1.54) is 0 Å². The Labute approximate surface area is 234 Å². The number of likely N-dealkylation sites (tertiary alicyclic amines) is 2. The highest BCUT2D eigenvalue weighted by atomic mass is 16.5. The van der Waals surface area contributed by atoms with Crippen molar-refractivity contribution in [2.24, 2.45) is 7.05 Å². The number of piperidine rings is 1. The first-order valence-corrected chi connectivity index (χ1v) is 14.6. The molecule has 0 aliphatic carbocycles. The molecule has 0 unspecified atom stereocenters. The molecule has 212 valence electrons. The Morgan fingerprint density at radius 2 is 1.73 bits per heavy atom. The number of benzene rings is 1. The van der Waals surface area contributed by atoms with Crippen LogP contribution in [0.3, 0.4) is 0 Å². The van der Waals surface area contributed by atoms with Crippen LogP contribution in [0, 0.1) is 0 Å². The maximum absolute atomic E-state index is 9.86. The SMILES string of the molecule is CC(C)c1nc2ccccc2n1-c1nc(N2CCOCC2)c2nc(CN3CC(N4CCC(O)CC4)C3)n(C)c2n1. The number of hydrogen-bond donors (Lipinski definition) is 1. The van der Waals surface area contributed by atoms with Crippen LogP contribution in [-0.2, 0) is 18.3 Å². The lowest BCUT2D eigenvalue weighted by atomic mass is 10.0. The van der Waals surface area contributed by atoms with Crippen LogP contribution in [0.2, 0.25) is 0 Å². The van der Waals surface area contributed by atoms with Crippen molar-refractivity contribution in [3.8, 4) is 5.95 Å². The van der Waals surface area contributed by atoms with Crippen LogP contribution < -0.4 is 4.90 Å². The summed E-state index contributed by atoms with van der Waals surface area (Å²) in [6.07, 6.45) is 1.64. The summed E-state index contributed by atoms with van der Waals surface area (Å²) in [5.41, 5.74) is 3.65. The predicted octanol–water partition coefficient (Wildman–Crippen LogP) is 2.30. The lowest BCUT2D eigenvalue weighted by Crippen LogP contribution is -2.60. The Morgan fingerprint density at radius 3 is 2.48 bits per heavy atom. The summed E-state index contributed by atoms with van der Waals surface area (Å²) >= 11 is 0. The smallest absolute Gasteiger partial charge is 0.239 e. The molecule has 3 fully saturated rings. The molecule has 4 aromatic rings. The van der Waals surface area contributed by atoms with Gasteiger partial charge in [-0.1, -0.05) is 26.0 Å². The van der Waals surface area contributed by atoms with E-state index in [2.05, 4.69) is 50.8 Å². The lowest BCUT2D eigenvalue weighted by Gasteiger charge is -2.47. The topological polar surface area (TPSA) is 101 Å². The second-order valence-electron chi connectivity index (χ2n) is 11.8. The summed E-state index contributed by atoms with van der Waals surface area (Å²) in [6, 6.07) is 8.78. The zero-order valence-corrected chi connectivity index (χ0v) is 23.7. The molecule has 0 radical (unpaired) electrons. The van der Waals surface area contributed by atoms with Crippen LogP contribution in [-0.4, -0.2) is 109 Å². The van der Waals surface area contributed by atoms with E-state index in [1.54, 1.807) is 0 Å². The lowest BCUT2D eigenvalue weighted by molar-refractivity contribution is -0.00879. The summed E-state index contributed by atoms with van der Waals surface area (Å²) in [6.45, 7) is 12.1. The second kappa shape index (κ2) is 10.4. The van der Waals surface area contributed by atoms with E-state index in [0.29, 0.717) is 25.2 Å². The number of fused-ring (bicyclic) bond motifs is 2. The van der Waals surface area contributed by atoms with Crippen LogP contribution >= 0.6 is 0 Å². The Hall–Kier alpha value is -3.12. The van der Waals surface area contributed by atoms with Gasteiger partial charge in [0, 0.05) is 58.3 Å². The second-order valence-corrected chi connectivity index (χ2v) is 11.8. The van der Waals surface area contributed by atoms with E-state index in [1.807, 2.05) is 18.2 Å². The summed E-state index contributed by atoms with van der Waals surface area (Å²) < 4.78 is 9.92. The average Bonchev–Trinajstić information content (AvgIpc) is 3.49. The standard InChI is InChI=1S/C29H39N9O2/c1-19(2)26-30-22-6-4-5-7-23(22)38(26)29-32-27-25(28(33-29)37-12-14-40-15-13-37)31-24(34(27)3)18-35-16-20(17-35)36-10-8-21(39)9-11-36/h4-7,19-21,39H,8-18H2,1-3H3. The minimum absolute atomic E-state index is 0.129. The number of aliphatic hydroxyl groups is 1. The van der Waals surface area contributed by atoms with Gasteiger partial charge in [-0.15, -0.1) is 0 Å². The summed E-state index contributed by atoms with van der Waals surface area (Å²) in [7, 11) is 2.07. The van der Waals surface area contributed by atoms with Crippen molar-refractivity contribution in [3.63, 3.8) is 0 Å². The number of nitrogens with zero attached hydrogens (tertiary/aromatic N) is 9. The van der Waals surface area contributed by atoms with E-state index in [-0.39, 0.29) is 12.0 Å². The molecule has 1 N–H and O–H groups in total. The zero-order chi connectivity index (χ0) is 27.4. The molecular formula is C29H39N9O2.